The molecule has 3 aliphatic carbocycles. The van der Waals surface area contributed by atoms with Crippen LogP contribution in [0.1, 0.15) is 57.8 Å². The maximum atomic E-state index is 2.42. The van der Waals surface area contributed by atoms with Crippen molar-refractivity contribution in [2.75, 3.05) is 0 Å². The molecule has 3 rings (SSSR count). The predicted molar refractivity (Wildman–Crippen MR) is 96.7 cm³/mol. The second kappa shape index (κ2) is 8.17. The van der Waals surface area contributed by atoms with Gasteiger partial charge in [0, 0.05) is 0 Å². The summed E-state index contributed by atoms with van der Waals surface area (Å²) in [5, 5.41) is 0. The topological polar surface area (TPSA) is 0 Å². The molecule has 0 unspecified atom stereocenters. The molecule has 0 atom stereocenters. The van der Waals surface area contributed by atoms with Gasteiger partial charge in [-0.25, -0.2) is 0 Å². The van der Waals surface area contributed by atoms with E-state index < -0.39 is 0 Å². The Kier molecular flexibility index (Phi) is 5.70. The molecule has 0 bridgehead atoms. The Balaban J connectivity index is 1.55. The molecule has 3 aliphatic rings. The summed E-state index contributed by atoms with van der Waals surface area (Å²) in [6.45, 7) is 0. The van der Waals surface area contributed by atoms with Gasteiger partial charge in [-0.3, -0.25) is 0 Å². The third-order valence-corrected chi connectivity index (χ3v) is 5.09. The summed E-state index contributed by atoms with van der Waals surface area (Å²) in [6.07, 6.45) is 32.6. The third kappa shape index (κ3) is 4.47. The fourth-order valence-corrected chi connectivity index (χ4v) is 3.71. The van der Waals surface area contributed by atoms with E-state index in [9.17, 15) is 0 Å². The Morgan fingerprint density at radius 1 is 0.773 bits per heavy atom. The lowest BCUT2D eigenvalue weighted by atomic mass is 9.85. The van der Waals surface area contributed by atoms with Crippen LogP contribution in [-0.2, 0) is 0 Å². The molecular weight excluding hydrogens is 264 g/mol. The summed E-state index contributed by atoms with van der Waals surface area (Å²) < 4.78 is 0. The van der Waals surface area contributed by atoms with Crippen molar-refractivity contribution in [2.24, 2.45) is 5.92 Å². The maximum Gasteiger partial charge on any atom is -0.0154 e. The normalized spacial score (nSPS) is 22.6. The van der Waals surface area contributed by atoms with Gasteiger partial charge in [0.2, 0.25) is 0 Å². The molecule has 0 aromatic carbocycles. The van der Waals surface area contributed by atoms with Gasteiger partial charge in [-0.05, 0) is 42.7 Å². The van der Waals surface area contributed by atoms with Crippen LogP contribution in [0.15, 0.2) is 71.4 Å². The van der Waals surface area contributed by atoms with Gasteiger partial charge in [-0.2, -0.15) is 0 Å². The van der Waals surface area contributed by atoms with E-state index in [1.54, 1.807) is 0 Å². The van der Waals surface area contributed by atoms with Crippen molar-refractivity contribution < 1.29 is 0 Å². The van der Waals surface area contributed by atoms with Crippen molar-refractivity contribution in [2.45, 2.75) is 57.8 Å². The van der Waals surface area contributed by atoms with E-state index in [1.165, 1.54) is 61.7 Å². The van der Waals surface area contributed by atoms with Crippen LogP contribution in [0, 0.1) is 5.92 Å². The van der Waals surface area contributed by atoms with E-state index in [-0.39, 0.29) is 0 Å². The maximum absolute atomic E-state index is 2.42. The number of hydrogen-bond donors (Lipinski definition) is 0. The number of hydrogen-bond acceptors (Lipinski definition) is 0. The molecule has 1 saturated carbocycles. The zero-order chi connectivity index (χ0) is 15.0. The highest BCUT2D eigenvalue weighted by Gasteiger charge is 2.13. The summed E-state index contributed by atoms with van der Waals surface area (Å²) in [6, 6.07) is 0. The van der Waals surface area contributed by atoms with Gasteiger partial charge in [-0.1, -0.05) is 92.4 Å². The Morgan fingerprint density at radius 2 is 1.59 bits per heavy atom. The van der Waals surface area contributed by atoms with Crippen LogP contribution in [0.2, 0.25) is 0 Å². The fraction of sp³-hybridized carbons (Fsp3) is 0.455. The van der Waals surface area contributed by atoms with Crippen LogP contribution in [0.4, 0.5) is 0 Å². The Labute approximate surface area is 135 Å². The highest BCUT2D eigenvalue weighted by atomic mass is 14.2. The summed E-state index contributed by atoms with van der Waals surface area (Å²) in [4.78, 5) is 0. The number of allylic oxidation sites excluding steroid dienone is 12. The molecule has 0 nitrogen and oxygen atoms in total. The summed E-state index contributed by atoms with van der Waals surface area (Å²) >= 11 is 0. The number of rotatable bonds is 4. The summed E-state index contributed by atoms with van der Waals surface area (Å²) in [5.41, 5.74) is 4.28. The lowest BCUT2D eigenvalue weighted by Gasteiger charge is -2.21. The van der Waals surface area contributed by atoms with Crippen molar-refractivity contribution in [3.05, 3.63) is 71.4 Å². The molecule has 0 aliphatic heterocycles. The molecule has 22 heavy (non-hydrogen) atoms. The monoisotopic (exact) mass is 292 g/mol. The van der Waals surface area contributed by atoms with Crippen LogP contribution in [0.5, 0.6) is 0 Å². The quantitative estimate of drug-likeness (QED) is 0.547. The molecule has 0 saturated heterocycles. The summed E-state index contributed by atoms with van der Waals surface area (Å²) in [5.74, 6) is 0.984. The van der Waals surface area contributed by atoms with E-state index in [2.05, 4.69) is 54.7 Å². The van der Waals surface area contributed by atoms with Crippen molar-refractivity contribution in [1.82, 2.24) is 0 Å². The van der Waals surface area contributed by atoms with E-state index in [0.29, 0.717) is 0 Å². The Bertz CT molecular complexity index is 543. The molecule has 0 N–H and O–H groups in total. The van der Waals surface area contributed by atoms with Crippen LogP contribution < -0.4 is 0 Å². The van der Waals surface area contributed by atoms with Crippen molar-refractivity contribution in [3.63, 3.8) is 0 Å². The minimum Gasteiger partial charge on any atom is -0.0807 e. The standard InChI is InChI=1S/C22H28/c1-2-7-13-21(12-6-1)22-14-8-11-20(17-18-22)16-15-19-9-4-3-5-10-19/h1-2,6,11-14,17-19H,3-5,7-10,15-16H2. The molecule has 0 radical (unpaired) electrons. The predicted octanol–water partition coefficient (Wildman–Crippen LogP) is 6.60. The van der Waals surface area contributed by atoms with Gasteiger partial charge >= 0.3 is 0 Å². The molecule has 116 valence electrons. The van der Waals surface area contributed by atoms with Crippen LogP contribution in [0.3, 0.4) is 0 Å². The second-order valence-corrected chi connectivity index (χ2v) is 6.73. The van der Waals surface area contributed by atoms with E-state index in [0.717, 1.165) is 18.8 Å². The van der Waals surface area contributed by atoms with Crippen LogP contribution in [-0.4, -0.2) is 0 Å². The average molecular weight is 292 g/mol. The molecule has 0 amide bonds. The van der Waals surface area contributed by atoms with E-state index in [4.69, 9.17) is 0 Å². The molecule has 0 heterocycles. The third-order valence-electron chi connectivity index (χ3n) is 5.09. The molecular formula is C22H28. The molecule has 0 aromatic rings. The summed E-state index contributed by atoms with van der Waals surface area (Å²) in [7, 11) is 0. The molecule has 1 fully saturated rings. The van der Waals surface area contributed by atoms with Crippen LogP contribution in [0.25, 0.3) is 0 Å². The lowest BCUT2D eigenvalue weighted by molar-refractivity contribution is 0.339. The van der Waals surface area contributed by atoms with Crippen molar-refractivity contribution >= 4 is 0 Å². The minimum atomic E-state index is 0.984. The van der Waals surface area contributed by atoms with Gasteiger partial charge in [0.25, 0.3) is 0 Å². The van der Waals surface area contributed by atoms with Crippen LogP contribution >= 0.6 is 0 Å². The highest BCUT2D eigenvalue weighted by molar-refractivity contribution is 5.50. The van der Waals surface area contributed by atoms with Gasteiger partial charge in [0.05, 0.1) is 0 Å². The van der Waals surface area contributed by atoms with E-state index in [1.807, 2.05) is 0 Å². The van der Waals surface area contributed by atoms with Gasteiger partial charge in [0.15, 0.2) is 0 Å². The first kappa shape index (κ1) is 15.3. The first-order valence-electron chi connectivity index (χ1n) is 9.03. The first-order chi connectivity index (χ1) is 10.9. The smallest absolute Gasteiger partial charge is 0.0154 e. The average Bonchev–Trinajstić information content (AvgIpc) is 2.96. The minimum absolute atomic E-state index is 0.984. The highest BCUT2D eigenvalue weighted by Crippen LogP contribution is 2.29. The first-order valence-corrected chi connectivity index (χ1v) is 9.03. The lowest BCUT2D eigenvalue weighted by Crippen LogP contribution is -2.06. The van der Waals surface area contributed by atoms with Gasteiger partial charge in [0.1, 0.15) is 0 Å². The zero-order valence-corrected chi connectivity index (χ0v) is 13.6. The molecule has 0 aromatic heterocycles. The van der Waals surface area contributed by atoms with Crippen molar-refractivity contribution in [3.8, 4) is 0 Å². The van der Waals surface area contributed by atoms with Crippen molar-refractivity contribution in [1.29, 1.82) is 0 Å². The SMILES string of the molecule is C1=CCC=C(C2=CCC=C(CCC3CCCCC3)C=C2)C=C1. The molecule has 0 heteroatoms. The van der Waals surface area contributed by atoms with Gasteiger partial charge in [-0.15, -0.1) is 0 Å². The van der Waals surface area contributed by atoms with Gasteiger partial charge < -0.3 is 0 Å². The Morgan fingerprint density at radius 3 is 2.50 bits per heavy atom. The Hall–Kier alpha value is -1.56. The molecule has 0 spiro atoms. The second-order valence-electron chi connectivity index (χ2n) is 6.73. The van der Waals surface area contributed by atoms with E-state index >= 15 is 0 Å². The zero-order valence-electron chi connectivity index (χ0n) is 13.6. The fourth-order valence-electron chi connectivity index (χ4n) is 3.71. The largest absolute Gasteiger partial charge is 0.0807 e.